The predicted molar refractivity (Wildman–Crippen MR) is 73.1 cm³/mol. The number of hydrogen-bond donors (Lipinski definition) is 0. The SMILES string of the molecule is CC(C)(C)N1CCC(N2CCN(C#N)CC2)CC1. The van der Waals surface area contributed by atoms with Crippen LogP contribution in [0, 0.1) is 11.5 Å². The van der Waals surface area contributed by atoms with Crippen molar-refractivity contribution in [2.75, 3.05) is 39.3 Å². The van der Waals surface area contributed by atoms with Crippen LogP contribution in [0.4, 0.5) is 0 Å². The minimum Gasteiger partial charge on any atom is -0.308 e. The molecule has 2 fully saturated rings. The van der Waals surface area contributed by atoms with Crippen LogP contribution < -0.4 is 0 Å². The van der Waals surface area contributed by atoms with E-state index >= 15 is 0 Å². The number of nitriles is 1. The van der Waals surface area contributed by atoms with Crippen LogP contribution in [-0.4, -0.2) is 65.5 Å². The van der Waals surface area contributed by atoms with Crippen molar-refractivity contribution in [3.8, 4) is 6.19 Å². The molecule has 0 unspecified atom stereocenters. The van der Waals surface area contributed by atoms with Gasteiger partial charge in [-0.1, -0.05) is 0 Å². The standard InChI is InChI=1S/C14H26N4/c1-14(2,3)18-6-4-13(5-7-18)17-10-8-16(12-15)9-11-17/h13H,4-11H2,1-3H3. The quantitative estimate of drug-likeness (QED) is 0.658. The lowest BCUT2D eigenvalue weighted by molar-refractivity contribution is 0.0408. The van der Waals surface area contributed by atoms with Gasteiger partial charge in [-0.3, -0.25) is 9.80 Å². The lowest BCUT2D eigenvalue weighted by Crippen LogP contribution is -2.54. The first-order valence-electron chi connectivity index (χ1n) is 7.14. The van der Waals surface area contributed by atoms with Crippen LogP contribution in [-0.2, 0) is 0 Å². The third-order valence-electron chi connectivity index (χ3n) is 4.39. The number of rotatable bonds is 1. The third kappa shape index (κ3) is 3.15. The normalized spacial score (nSPS) is 25.1. The molecule has 0 bridgehead atoms. The Kier molecular flexibility index (Phi) is 4.14. The molecule has 0 aromatic rings. The number of nitrogens with zero attached hydrogens (tertiary/aromatic N) is 4. The van der Waals surface area contributed by atoms with E-state index in [1.807, 2.05) is 4.90 Å². The Balaban J connectivity index is 1.79. The molecule has 0 atom stereocenters. The second kappa shape index (κ2) is 5.46. The summed E-state index contributed by atoms with van der Waals surface area (Å²) in [6.45, 7) is 13.3. The maximum atomic E-state index is 8.86. The van der Waals surface area contributed by atoms with Gasteiger partial charge in [0.1, 0.15) is 0 Å². The van der Waals surface area contributed by atoms with Gasteiger partial charge < -0.3 is 4.90 Å². The highest BCUT2D eigenvalue weighted by Crippen LogP contribution is 2.23. The molecule has 2 rings (SSSR count). The predicted octanol–water partition coefficient (Wildman–Crippen LogP) is 1.35. The largest absolute Gasteiger partial charge is 0.308 e. The van der Waals surface area contributed by atoms with Gasteiger partial charge in [0, 0.05) is 50.8 Å². The van der Waals surface area contributed by atoms with Crippen LogP contribution in [0.3, 0.4) is 0 Å². The highest BCUT2D eigenvalue weighted by molar-refractivity contribution is 4.89. The first kappa shape index (κ1) is 13.6. The molecular weight excluding hydrogens is 224 g/mol. The maximum Gasteiger partial charge on any atom is 0.179 e. The molecule has 18 heavy (non-hydrogen) atoms. The van der Waals surface area contributed by atoms with Crippen molar-refractivity contribution in [2.24, 2.45) is 0 Å². The molecule has 102 valence electrons. The molecule has 0 radical (unpaired) electrons. The molecule has 0 aromatic heterocycles. The number of piperidine rings is 1. The Morgan fingerprint density at radius 3 is 1.94 bits per heavy atom. The molecule has 4 nitrogen and oxygen atoms in total. The fourth-order valence-electron chi connectivity index (χ4n) is 3.09. The Labute approximate surface area is 111 Å². The average Bonchev–Trinajstić information content (AvgIpc) is 2.38. The van der Waals surface area contributed by atoms with Crippen LogP contribution in [0.25, 0.3) is 0 Å². The van der Waals surface area contributed by atoms with Gasteiger partial charge in [-0.05, 0) is 33.6 Å². The molecule has 0 N–H and O–H groups in total. The molecular formula is C14H26N4. The fourth-order valence-corrected chi connectivity index (χ4v) is 3.09. The van der Waals surface area contributed by atoms with Gasteiger partial charge in [0.15, 0.2) is 6.19 Å². The zero-order chi connectivity index (χ0) is 13.2. The van der Waals surface area contributed by atoms with Gasteiger partial charge in [-0.2, -0.15) is 5.26 Å². The van der Waals surface area contributed by atoms with Gasteiger partial charge in [-0.15, -0.1) is 0 Å². The first-order chi connectivity index (χ1) is 8.50. The van der Waals surface area contributed by atoms with Crippen molar-refractivity contribution in [2.45, 2.75) is 45.2 Å². The summed E-state index contributed by atoms with van der Waals surface area (Å²) in [5, 5.41) is 8.86. The molecule has 4 heteroatoms. The average molecular weight is 250 g/mol. The van der Waals surface area contributed by atoms with Crippen molar-refractivity contribution < 1.29 is 0 Å². The Morgan fingerprint density at radius 2 is 1.50 bits per heavy atom. The van der Waals surface area contributed by atoms with Gasteiger partial charge in [0.05, 0.1) is 0 Å². The van der Waals surface area contributed by atoms with Gasteiger partial charge in [-0.25, -0.2) is 0 Å². The van der Waals surface area contributed by atoms with Crippen LogP contribution in [0.2, 0.25) is 0 Å². The molecule has 0 amide bonds. The summed E-state index contributed by atoms with van der Waals surface area (Å²) in [5.74, 6) is 0. The fraction of sp³-hybridized carbons (Fsp3) is 0.929. The number of hydrogen-bond acceptors (Lipinski definition) is 4. The van der Waals surface area contributed by atoms with E-state index in [-0.39, 0.29) is 0 Å². The second-order valence-electron chi connectivity index (χ2n) is 6.51. The molecule has 0 spiro atoms. The van der Waals surface area contributed by atoms with E-state index in [2.05, 4.69) is 36.8 Å². The highest BCUT2D eigenvalue weighted by atomic mass is 15.3. The van der Waals surface area contributed by atoms with E-state index in [9.17, 15) is 0 Å². The van der Waals surface area contributed by atoms with Crippen molar-refractivity contribution in [3.05, 3.63) is 0 Å². The van der Waals surface area contributed by atoms with Crippen LogP contribution in [0.15, 0.2) is 0 Å². The smallest absolute Gasteiger partial charge is 0.179 e. The monoisotopic (exact) mass is 250 g/mol. The van der Waals surface area contributed by atoms with E-state index in [1.165, 1.54) is 25.9 Å². The zero-order valence-corrected chi connectivity index (χ0v) is 12.0. The second-order valence-corrected chi connectivity index (χ2v) is 6.51. The number of likely N-dealkylation sites (tertiary alicyclic amines) is 1. The maximum absolute atomic E-state index is 8.86. The zero-order valence-electron chi connectivity index (χ0n) is 12.0. The molecule has 2 saturated heterocycles. The molecule has 2 aliphatic heterocycles. The lowest BCUT2D eigenvalue weighted by Gasteiger charge is -2.45. The summed E-state index contributed by atoms with van der Waals surface area (Å²) in [6.07, 6.45) is 4.82. The van der Waals surface area contributed by atoms with E-state index in [0.29, 0.717) is 5.54 Å². The van der Waals surface area contributed by atoms with Crippen molar-refractivity contribution >= 4 is 0 Å². The molecule has 0 saturated carbocycles. The van der Waals surface area contributed by atoms with Gasteiger partial charge >= 0.3 is 0 Å². The summed E-state index contributed by atoms with van der Waals surface area (Å²) < 4.78 is 0. The molecule has 0 aliphatic carbocycles. The minimum absolute atomic E-state index is 0.310. The van der Waals surface area contributed by atoms with Gasteiger partial charge in [0.25, 0.3) is 0 Å². The third-order valence-corrected chi connectivity index (χ3v) is 4.39. The summed E-state index contributed by atoms with van der Waals surface area (Å²) in [6, 6.07) is 0.740. The summed E-state index contributed by atoms with van der Waals surface area (Å²) >= 11 is 0. The summed E-state index contributed by atoms with van der Waals surface area (Å²) in [7, 11) is 0. The minimum atomic E-state index is 0.310. The lowest BCUT2D eigenvalue weighted by atomic mass is 9.97. The molecule has 2 heterocycles. The Hall–Kier alpha value is -0.790. The van der Waals surface area contributed by atoms with E-state index in [0.717, 1.165) is 32.2 Å². The van der Waals surface area contributed by atoms with Crippen molar-refractivity contribution in [1.29, 1.82) is 5.26 Å². The Morgan fingerprint density at radius 1 is 0.944 bits per heavy atom. The summed E-state index contributed by atoms with van der Waals surface area (Å²) in [4.78, 5) is 7.06. The molecule has 0 aromatic carbocycles. The molecule has 2 aliphatic rings. The van der Waals surface area contributed by atoms with E-state index in [1.54, 1.807) is 0 Å². The van der Waals surface area contributed by atoms with Crippen LogP contribution in [0.1, 0.15) is 33.6 Å². The van der Waals surface area contributed by atoms with Crippen molar-refractivity contribution in [1.82, 2.24) is 14.7 Å². The van der Waals surface area contributed by atoms with Crippen LogP contribution in [0.5, 0.6) is 0 Å². The van der Waals surface area contributed by atoms with Crippen LogP contribution >= 0.6 is 0 Å². The summed E-state index contributed by atoms with van der Waals surface area (Å²) in [5.41, 5.74) is 0.310. The van der Waals surface area contributed by atoms with Crippen molar-refractivity contribution in [3.63, 3.8) is 0 Å². The first-order valence-corrected chi connectivity index (χ1v) is 7.14. The van der Waals surface area contributed by atoms with Gasteiger partial charge in [0.2, 0.25) is 0 Å². The van der Waals surface area contributed by atoms with E-state index in [4.69, 9.17) is 5.26 Å². The Bertz CT molecular complexity index is 299. The van der Waals surface area contributed by atoms with E-state index < -0.39 is 0 Å². The topological polar surface area (TPSA) is 33.5 Å². The highest BCUT2D eigenvalue weighted by Gasteiger charge is 2.30. The number of piperazine rings is 1.